The van der Waals surface area contributed by atoms with Crippen molar-refractivity contribution in [2.75, 3.05) is 27.7 Å². The average molecular weight is 304 g/mol. The summed E-state index contributed by atoms with van der Waals surface area (Å²) in [6, 6.07) is 11.8. The third kappa shape index (κ3) is 4.06. The molecule has 2 rings (SSSR count). The first kappa shape index (κ1) is 15.5. The molecule has 0 saturated carbocycles. The van der Waals surface area contributed by atoms with Crippen LogP contribution in [0.25, 0.3) is 0 Å². The van der Waals surface area contributed by atoms with E-state index >= 15 is 0 Å². The SMILES string of the molecule is COc1ccc(C(CNC(=O)c2cccs2)N(C)C)cc1. The smallest absolute Gasteiger partial charge is 0.261 e. The van der Waals surface area contributed by atoms with Gasteiger partial charge in [0.25, 0.3) is 5.91 Å². The van der Waals surface area contributed by atoms with E-state index in [1.54, 1.807) is 7.11 Å². The van der Waals surface area contributed by atoms with Crippen LogP contribution in [0.4, 0.5) is 0 Å². The number of carbonyl (C=O) groups is 1. The van der Waals surface area contributed by atoms with Crippen LogP contribution in [0.3, 0.4) is 0 Å². The molecule has 2 aromatic rings. The summed E-state index contributed by atoms with van der Waals surface area (Å²) in [6.07, 6.45) is 0. The third-order valence-electron chi connectivity index (χ3n) is 3.32. The largest absolute Gasteiger partial charge is 0.497 e. The number of carbonyl (C=O) groups excluding carboxylic acids is 1. The molecule has 5 heteroatoms. The summed E-state index contributed by atoms with van der Waals surface area (Å²) in [7, 11) is 5.66. The number of hydrogen-bond donors (Lipinski definition) is 1. The van der Waals surface area contributed by atoms with Gasteiger partial charge >= 0.3 is 0 Å². The molecule has 0 aliphatic carbocycles. The molecule has 0 bridgehead atoms. The highest BCUT2D eigenvalue weighted by atomic mass is 32.1. The van der Waals surface area contributed by atoms with Gasteiger partial charge in [-0.3, -0.25) is 4.79 Å². The van der Waals surface area contributed by atoms with E-state index in [4.69, 9.17) is 4.74 Å². The Hall–Kier alpha value is -1.85. The highest BCUT2D eigenvalue weighted by Crippen LogP contribution is 2.21. The first-order valence-electron chi connectivity index (χ1n) is 6.74. The van der Waals surface area contributed by atoms with Crippen LogP contribution < -0.4 is 10.1 Å². The van der Waals surface area contributed by atoms with E-state index in [0.717, 1.165) is 16.2 Å². The third-order valence-corrected chi connectivity index (χ3v) is 4.19. The van der Waals surface area contributed by atoms with Gasteiger partial charge in [-0.25, -0.2) is 0 Å². The van der Waals surface area contributed by atoms with Crippen molar-refractivity contribution in [3.8, 4) is 5.75 Å². The Morgan fingerprint density at radius 2 is 2.00 bits per heavy atom. The zero-order chi connectivity index (χ0) is 15.2. The summed E-state index contributed by atoms with van der Waals surface area (Å²) in [6.45, 7) is 0.566. The summed E-state index contributed by atoms with van der Waals surface area (Å²) >= 11 is 1.45. The van der Waals surface area contributed by atoms with Crippen LogP contribution in [0.5, 0.6) is 5.75 Å². The Balaban J connectivity index is 2.03. The summed E-state index contributed by atoms with van der Waals surface area (Å²) in [5, 5.41) is 4.90. The molecule has 1 atom stereocenters. The molecule has 1 N–H and O–H groups in total. The number of nitrogens with one attached hydrogen (secondary N) is 1. The minimum absolute atomic E-state index is 0.0228. The minimum atomic E-state index is -0.0228. The highest BCUT2D eigenvalue weighted by Gasteiger charge is 2.16. The van der Waals surface area contributed by atoms with E-state index in [1.165, 1.54) is 11.3 Å². The van der Waals surface area contributed by atoms with E-state index in [1.807, 2.05) is 55.9 Å². The second kappa shape index (κ2) is 7.24. The van der Waals surface area contributed by atoms with Crippen LogP contribution in [-0.4, -0.2) is 38.6 Å². The lowest BCUT2D eigenvalue weighted by atomic mass is 10.1. The van der Waals surface area contributed by atoms with Crippen LogP contribution in [0.1, 0.15) is 21.3 Å². The van der Waals surface area contributed by atoms with Gasteiger partial charge in [-0.15, -0.1) is 11.3 Å². The number of nitrogens with zero attached hydrogens (tertiary/aromatic N) is 1. The van der Waals surface area contributed by atoms with Crippen molar-refractivity contribution < 1.29 is 9.53 Å². The van der Waals surface area contributed by atoms with Gasteiger partial charge in [0.2, 0.25) is 0 Å². The zero-order valence-corrected chi connectivity index (χ0v) is 13.3. The Kier molecular flexibility index (Phi) is 5.36. The highest BCUT2D eigenvalue weighted by molar-refractivity contribution is 7.12. The molecule has 112 valence electrons. The number of likely N-dealkylation sites (N-methyl/N-ethyl adjacent to an activating group) is 1. The van der Waals surface area contributed by atoms with Crippen molar-refractivity contribution in [1.29, 1.82) is 0 Å². The van der Waals surface area contributed by atoms with Gasteiger partial charge in [0, 0.05) is 6.54 Å². The number of benzene rings is 1. The topological polar surface area (TPSA) is 41.6 Å². The Morgan fingerprint density at radius 1 is 1.29 bits per heavy atom. The van der Waals surface area contributed by atoms with Crippen molar-refractivity contribution in [3.05, 3.63) is 52.2 Å². The molecule has 0 aliphatic heterocycles. The van der Waals surface area contributed by atoms with Crippen molar-refractivity contribution in [2.45, 2.75) is 6.04 Å². The maximum absolute atomic E-state index is 12.0. The van der Waals surface area contributed by atoms with Gasteiger partial charge in [-0.05, 0) is 43.2 Å². The normalized spacial score (nSPS) is 12.2. The lowest BCUT2D eigenvalue weighted by Crippen LogP contribution is -2.34. The molecule has 1 aromatic heterocycles. The fourth-order valence-corrected chi connectivity index (χ4v) is 2.75. The van der Waals surface area contributed by atoms with E-state index < -0.39 is 0 Å². The molecule has 0 aliphatic rings. The second-order valence-corrected chi connectivity index (χ2v) is 5.89. The van der Waals surface area contributed by atoms with Crippen LogP contribution in [0, 0.1) is 0 Å². The van der Waals surface area contributed by atoms with Gasteiger partial charge in [-0.1, -0.05) is 18.2 Å². The van der Waals surface area contributed by atoms with Gasteiger partial charge < -0.3 is 15.0 Å². The molecule has 21 heavy (non-hydrogen) atoms. The summed E-state index contributed by atoms with van der Waals surface area (Å²) < 4.78 is 5.17. The van der Waals surface area contributed by atoms with Crippen LogP contribution in [0.2, 0.25) is 0 Å². The fourth-order valence-electron chi connectivity index (χ4n) is 2.11. The lowest BCUT2D eigenvalue weighted by molar-refractivity contribution is 0.0946. The standard InChI is InChI=1S/C16H20N2O2S/c1-18(2)14(12-6-8-13(20-3)9-7-12)11-17-16(19)15-5-4-10-21-15/h4-10,14H,11H2,1-3H3,(H,17,19). The molecule has 4 nitrogen and oxygen atoms in total. The van der Waals surface area contributed by atoms with Gasteiger partial charge in [0.05, 0.1) is 18.0 Å². The van der Waals surface area contributed by atoms with Crippen LogP contribution in [0.15, 0.2) is 41.8 Å². The first-order valence-corrected chi connectivity index (χ1v) is 7.62. The van der Waals surface area contributed by atoms with Crippen LogP contribution >= 0.6 is 11.3 Å². The Morgan fingerprint density at radius 3 is 2.52 bits per heavy atom. The predicted molar refractivity (Wildman–Crippen MR) is 86.1 cm³/mol. The van der Waals surface area contributed by atoms with Gasteiger partial charge in [-0.2, -0.15) is 0 Å². The fraction of sp³-hybridized carbons (Fsp3) is 0.312. The Labute approximate surface area is 129 Å². The number of amides is 1. The van der Waals surface area contributed by atoms with Crippen molar-refractivity contribution in [1.82, 2.24) is 10.2 Å². The summed E-state index contributed by atoms with van der Waals surface area (Å²) in [5.41, 5.74) is 1.15. The number of ether oxygens (including phenoxy) is 1. The molecule has 0 spiro atoms. The predicted octanol–water partition coefficient (Wildman–Crippen LogP) is 2.79. The second-order valence-electron chi connectivity index (χ2n) is 4.94. The monoisotopic (exact) mass is 304 g/mol. The van der Waals surface area contributed by atoms with Gasteiger partial charge in [0.1, 0.15) is 5.75 Å². The zero-order valence-electron chi connectivity index (χ0n) is 12.5. The molecule has 1 heterocycles. The van der Waals surface area contributed by atoms with Crippen molar-refractivity contribution in [2.24, 2.45) is 0 Å². The molecule has 1 unspecified atom stereocenters. The Bertz CT molecular complexity index is 564. The molecular formula is C16H20N2O2S. The maximum Gasteiger partial charge on any atom is 0.261 e. The number of methoxy groups -OCH3 is 1. The van der Waals surface area contributed by atoms with Crippen LogP contribution in [-0.2, 0) is 0 Å². The lowest BCUT2D eigenvalue weighted by Gasteiger charge is -2.25. The molecular weight excluding hydrogens is 284 g/mol. The van der Waals surface area contributed by atoms with E-state index in [2.05, 4.69) is 10.2 Å². The molecule has 0 fully saturated rings. The number of hydrogen-bond acceptors (Lipinski definition) is 4. The van der Waals surface area contributed by atoms with E-state index in [9.17, 15) is 4.79 Å². The van der Waals surface area contributed by atoms with Crippen molar-refractivity contribution in [3.63, 3.8) is 0 Å². The average Bonchev–Trinajstić information content (AvgIpc) is 3.02. The van der Waals surface area contributed by atoms with Gasteiger partial charge in [0.15, 0.2) is 0 Å². The van der Waals surface area contributed by atoms with E-state index in [0.29, 0.717) is 6.54 Å². The minimum Gasteiger partial charge on any atom is -0.497 e. The molecule has 1 amide bonds. The summed E-state index contributed by atoms with van der Waals surface area (Å²) in [5.74, 6) is 0.809. The molecule has 0 saturated heterocycles. The quantitative estimate of drug-likeness (QED) is 0.892. The van der Waals surface area contributed by atoms with E-state index in [-0.39, 0.29) is 11.9 Å². The first-order chi connectivity index (χ1) is 10.1. The molecule has 0 radical (unpaired) electrons. The summed E-state index contributed by atoms with van der Waals surface area (Å²) in [4.78, 5) is 14.9. The molecule has 1 aromatic carbocycles. The van der Waals surface area contributed by atoms with Crippen molar-refractivity contribution >= 4 is 17.2 Å². The number of rotatable bonds is 6. The maximum atomic E-state index is 12.0. The number of thiophene rings is 1.